The molecule has 4 heteroatoms. The Labute approximate surface area is 75.3 Å². The van der Waals surface area contributed by atoms with E-state index in [1.165, 1.54) is 10.7 Å². The Bertz CT molecular complexity index is 332. The maximum atomic E-state index is 11.1. The van der Waals surface area contributed by atoms with Gasteiger partial charge in [0, 0.05) is 18.1 Å². The summed E-state index contributed by atoms with van der Waals surface area (Å²) < 4.78 is 1.32. The van der Waals surface area contributed by atoms with Crippen LogP contribution >= 0.6 is 11.6 Å². The second-order valence-electron chi connectivity index (χ2n) is 2.40. The molecule has 0 fully saturated rings. The first-order valence-electron chi connectivity index (χ1n) is 3.49. The molecule has 0 atom stereocenters. The number of hydrogen-bond donors (Lipinski definition) is 0. The third-order valence-corrected chi connectivity index (χ3v) is 1.73. The van der Waals surface area contributed by atoms with Gasteiger partial charge in [-0.1, -0.05) is 6.58 Å². The summed E-state index contributed by atoms with van der Waals surface area (Å²) in [6.45, 7) is 4.07. The number of halogens is 1. The fourth-order valence-electron chi connectivity index (χ4n) is 0.760. The first-order valence-corrected chi connectivity index (χ1v) is 4.02. The Hall–Kier alpha value is -1.09. The molecule has 1 aromatic rings. The molecule has 1 heterocycles. The summed E-state index contributed by atoms with van der Waals surface area (Å²) in [6, 6.07) is 3.05. The minimum Gasteiger partial charge on any atom is -0.268 e. The van der Waals surface area contributed by atoms with Gasteiger partial charge in [0.2, 0.25) is 0 Å². The quantitative estimate of drug-likeness (QED) is 0.520. The van der Waals surface area contributed by atoms with Crippen molar-refractivity contribution in [2.45, 2.75) is 6.54 Å². The summed E-state index contributed by atoms with van der Waals surface area (Å²) in [5.41, 5.74) is 0.640. The van der Waals surface area contributed by atoms with Gasteiger partial charge in [-0.3, -0.25) is 4.79 Å². The van der Waals surface area contributed by atoms with Crippen LogP contribution < -0.4 is 5.56 Å². The Balaban J connectivity index is 2.83. The van der Waals surface area contributed by atoms with Crippen LogP contribution in [0.3, 0.4) is 0 Å². The van der Waals surface area contributed by atoms with Gasteiger partial charge in [0.25, 0.3) is 5.56 Å². The molecule has 0 saturated heterocycles. The first kappa shape index (κ1) is 9.00. The molecule has 12 heavy (non-hydrogen) atoms. The van der Waals surface area contributed by atoms with Gasteiger partial charge in [-0.15, -0.1) is 11.6 Å². The third-order valence-electron chi connectivity index (χ3n) is 1.35. The van der Waals surface area contributed by atoms with Gasteiger partial charge < -0.3 is 0 Å². The zero-order chi connectivity index (χ0) is 8.97. The van der Waals surface area contributed by atoms with Crippen molar-refractivity contribution >= 4 is 11.6 Å². The third kappa shape index (κ3) is 2.20. The summed E-state index contributed by atoms with van der Waals surface area (Å²) in [5, 5.41) is 3.85. The second kappa shape index (κ2) is 4.07. The van der Waals surface area contributed by atoms with Crippen LogP contribution in [-0.2, 0) is 6.54 Å². The fraction of sp³-hybridized carbons (Fsp3) is 0.250. The van der Waals surface area contributed by atoms with E-state index in [1.54, 1.807) is 12.3 Å². The lowest BCUT2D eigenvalue weighted by atomic mass is 10.3. The van der Waals surface area contributed by atoms with E-state index in [0.29, 0.717) is 12.4 Å². The predicted molar refractivity (Wildman–Crippen MR) is 48.4 cm³/mol. The Morgan fingerprint density at radius 3 is 3.08 bits per heavy atom. The van der Waals surface area contributed by atoms with E-state index in [2.05, 4.69) is 11.7 Å². The summed E-state index contributed by atoms with van der Waals surface area (Å²) in [5.74, 6) is 0.350. The zero-order valence-corrected chi connectivity index (χ0v) is 7.29. The van der Waals surface area contributed by atoms with Crippen LogP contribution in [0.4, 0.5) is 0 Å². The number of nitrogens with zero attached hydrogens (tertiary/aromatic N) is 2. The van der Waals surface area contributed by atoms with Crippen LogP contribution in [0.5, 0.6) is 0 Å². The predicted octanol–water partition coefficient (Wildman–Crippen LogP) is 1.04. The van der Waals surface area contributed by atoms with Crippen molar-refractivity contribution in [3.8, 4) is 0 Å². The van der Waals surface area contributed by atoms with Crippen LogP contribution in [-0.4, -0.2) is 15.7 Å². The van der Waals surface area contributed by atoms with Gasteiger partial charge in [-0.25, -0.2) is 4.68 Å². The maximum absolute atomic E-state index is 11.1. The van der Waals surface area contributed by atoms with E-state index in [4.69, 9.17) is 11.6 Å². The van der Waals surface area contributed by atoms with Crippen molar-refractivity contribution in [1.82, 2.24) is 9.78 Å². The van der Waals surface area contributed by atoms with Crippen molar-refractivity contribution in [3.05, 3.63) is 40.8 Å². The summed E-state index contributed by atoms with van der Waals surface area (Å²) in [6.07, 6.45) is 1.56. The van der Waals surface area contributed by atoms with Crippen LogP contribution in [0, 0.1) is 0 Å². The van der Waals surface area contributed by atoms with E-state index in [1.807, 2.05) is 0 Å². The molecule has 0 N–H and O–H groups in total. The standard InChI is InChI=1S/C8H9ClN2O/c1-7(5-9)6-11-8(12)3-2-4-10-11/h2-4H,1,5-6H2. The lowest BCUT2D eigenvalue weighted by Crippen LogP contribution is -2.22. The summed E-state index contributed by atoms with van der Waals surface area (Å²) in [4.78, 5) is 11.1. The number of allylic oxidation sites excluding steroid dienone is 1. The van der Waals surface area contributed by atoms with Gasteiger partial charge in [0.15, 0.2) is 0 Å². The van der Waals surface area contributed by atoms with Gasteiger partial charge in [-0.2, -0.15) is 5.10 Å². The molecule has 3 nitrogen and oxygen atoms in total. The molecular weight excluding hydrogens is 176 g/mol. The fourth-order valence-corrected chi connectivity index (χ4v) is 0.845. The van der Waals surface area contributed by atoms with Crippen LogP contribution in [0.25, 0.3) is 0 Å². The molecule has 1 aromatic heterocycles. The van der Waals surface area contributed by atoms with E-state index in [0.717, 1.165) is 5.57 Å². The molecule has 64 valence electrons. The van der Waals surface area contributed by atoms with E-state index >= 15 is 0 Å². The molecule has 0 aliphatic carbocycles. The molecular formula is C8H9ClN2O. The maximum Gasteiger partial charge on any atom is 0.267 e. The number of hydrogen-bond acceptors (Lipinski definition) is 2. The van der Waals surface area contributed by atoms with Gasteiger partial charge in [-0.05, 0) is 11.6 Å². The molecule has 0 unspecified atom stereocenters. The molecule has 1 rings (SSSR count). The summed E-state index contributed by atoms with van der Waals surface area (Å²) >= 11 is 5.51. The lowest BCUT2D eigenvalue weighted by molar-refractivity contribution is 0.633. The number of aromatic nitrogens is 2. The Morgan fingerprint density at radius 1 is 1.75 bits per heavy atom. The monoisotopic (exact) mass is 184 g/mol. The van der Waals surface area contributed by atoms with Crippen LogP contribution in [0.2, 0.25) is 0 Å². The molecule has 0 bridgehead atoms. The van der Waals surface area contributed by atoms with Gasteiger partial charge >= 0.3 is 0 Å². The van der Waals surface area contributed by atoms with Gasteiger partial charge in [0.05, 0.1) is 6.54 Å². The molecule has 0 amide bonds. The highest BCUT2D eigenvalue weighted by Crippen LogP contribution is 1.94. The molecule has 0 aliphatic rings. The SMILES string of the molecule is C=C(CCl)Cn1ncccc1=O. The van der Waals surface area contributed by atoms with Crippen molar-refractivity contribution in [1.29, 1.82) is 0 Å². The van der Waals surface area contributed by atoms with Crippen molar-refractivity contribution < 1.29 is 0 Å². The highest BCUT2D eigenvalue weighted by molar-refractivity contribution is 6.19. The Kier molecular flexibility index (Phi) is 3.05. The smallest absolute Gasteiger partial charge is 0.267 e. The number of rotatable bonds is 3. The first-order chi connectivity index (χ1) is 5.74. The number of alkyl halides is 1. The highest BCUT2D eigenvalue weighted by atomic mass is 35.5. The molecule has 0 aliphatic heterocycles. The Morgan fingerprint density at radius 2 is 2.50 bits per heavy atom. The molecule has 0 spiro atoms. The van der Waals surface area contributed by atoms with Crippen molar-refractivity contribution in [2.24, 2.45) is 0 Å². The molecule has 0 aromatic carbocycles. The summed E-state index contributed by atoms with van der Waals surface area (Å²) in [7, 11) is 0. The van der Waals surface area contributed by atoms with Crippen LogP contribution in [0.1, 0.15) is 0 Å². The largest absolute Gasteiger partial charge is 0.268 e. The average Bonchev–Trinajstić information content (AvgIpc) is 2.09. The van der Waals surface area contributed by atoms with E-state index < -0.39 is 0 Å². The minimum atomic E-state index is -0.135. The second-order valence-corrected chi connectivity index (χ2v) is 2.67. The van der Waals surface area contributed by atoms with Crippen molar-refractivity contribution in [3.63, 3.8) is 0 Å². The van der Waals surface area contributed by atoms with E-state index in [-0.39, 0.29) is 5.56 Å². The van der Waals surface area contributed by atoms with E-state index in [9.17, 15) is 4.79 Å². The highest BCUT2D eigenvalue weighted by Gasteiger charge is 1.96. The topological polar surface area (TPSA) is 34.9 Å². The zero-order valence-electron chi connectivity index (χ0n) is 6.53. The molecule has 0 saturated carbocycles. The van der Waals surface area contributed by atoms with Crippen molar-refractivity contribution in [2.75, 3.05) is 5.88 Å². The van der Waals surface area contributed by atoms with Gasteiger partial charge in [0.1, 0.15) is 0 Å². The minimum absolute atomic E-state index is 0.135. The van der Waals surface area contributed by atoms with Crippen LogP contribution in [0.15, 0.2) is 35.3 Å². The normalized spacial score (nSPS) is 9.75. The average molecular weight is 185 g/mol. The lowest BCUT2D eigenvalue weighted by Gasteiger charge is -2.02. The molecule has 0 radical (unpaired) electrons.